The lowest BCUT2D eigenvalue weighted by atomic mass is 10.5. The lowest BCUT2D eigenvalue weighted by Gasteiger charge is -1.94. The summed E-state index contributed by atoms with van der Waals surface area (Å²) in [6.45, 7) is 2.55. The summed E-state index contributed by atoms with van der Waals surface area (Å²) in [6.07, 6.45) is 1.91. The summed E-state index contributed by atoms with van der Waals surface area (Å²) in [5, 5.41) is 13.3. The van der Waals surface area contributed by atoms with Gasteiger partial charge in [0.15, 0.2) is 0 Å². The van der Waals surface area contributed by atoms with Gasteiger partial charge in [-0.1, -0.05) is 11.3 Å². The largest absolute Gasteiger partial charge is 0.374 e. The first-order valence-corrected chi connectivity index (χ1v) is 5.53. The van der Waals surface area contributed by atoms with Crippen LogP contribution in [-0.2, 0) is 6.54 Å². The maximum atomic E-state index is 5.47. The van der Waals surface area contributed by atoms with E-state index in [0.717, 1.165) is 15.2 Å². The van der Waals surface area contributed by atoms with Crippen LogP contribution in [0.25, 0.3) is 0 Å². The highest BCUT2D eigenvalue weighted by Crippen LogP contribution is 2.16. The Bertz CT molecular complexity index is 429. The van der Waals surface area contributed by atoms with Crippen LogP contribution < -0.4 is 5.73 Å². The van der Waals surface area contributed by atoms with E-state index in [0.29, 0.717) is 11.7 Å². The van der Waals surface area contributed by atoms with Crippen LogP contribution in [0, 0.1) is 6.92 Å². The van der Waals surface area contributed by atoms with E-state index in [9.17, 15) is 0 Å². The summed E-state index contributed by atoms with van der Waals surface area (Å²) in [5.41, 5.74) is 6.43. The number of hydrogen-bond acceptors (Lipinski definition) is 5. The average molecular weight is 274 g/mol. The first kappa shape index (κ1) is 9.60. The summed E-state index contributed by atoms with van der Waals surface area (Å²) < 4.78 is 2.80. The Morgan fingerprint density at radius 3 is 2.86 bits per heavy atom. The minimum Gasteiger partial charge on any atom is -0.374 e. The number of aromatic nitrogens is 4. The van der Waals surface area contributed by atoms with E-state index < -0.39 is 0 Å². The molecule has 0 amide bonds. The Morgan fingerprint density at radius 2 is 2.36 bits per heavy atom. The van der Waals surface area contributed by atoms with Gasteiger partial charge in [-0.05, 0) is 22.9 Å². The topological polar surface area (TPSA) is 69.6 Å². The Kier molecular flexibility index (Phi) is 2.51. The molecule has 2 rings (SSSR count). The van der Waals surface area contributed by atoms with Gasteiger partial charge >= 0.3 is 0 Å². The molecule has 2 N–H and O–H groups in total. The predicted molar refractivity (Wildman–Crippen MR) is 58.1 cm³/mol. The number of halogens is 1. The fourth-order valence-electron chi connectivity index (χ4n) is 1.04. The lowest BCUT2D eigenvalue weighted by molar-refractivity contribution is 0.670. The molecule has 74 valence electrons. The van der Waals surface area contributed by atoms with Crippen LogP contribution in [0.5, 0.6) is 0 Å². The third-order valence-electron chi connectivity index (χ3n) is 1.67. The van der Waals surface area contributed by atoms with Crippen LogP contribution in [0.2, 0.25) is 0 Å². The van der Waals surface area contributed by atoms with Crippen molar-refractivity contribution in [2.45, 2.75) is 13.5 Å². The van der Waals surface area contributed by atoms with Crippen LogP contribution in [-0.4, -0.2) is 20.0 Å². The van der Waals surface area contributed by atoms with Crippen LogP contribution in [0.3, 0.4) is 0 Å². The molecule has 2 aromatic rings. The van der Waals surface area contributed by atoms with E-state index in [2.05, 4.69) is 31.2 Å². The maximum absolute atomic E-state index is 5.47. The van der Waals surface area contributed by atoms with Crippen LogP contribution in [0.15, 0.2) is 10.7 Å². The number of anilines is 1. The zero-order chi connectivity index (χ0) is 10.1. The van der Waals surface area contributed by atoms with Crippen molar-refractivity contribution in [1.29, 1.82) is 0 Å². The molecule has 0 fully saturated rings. The fourth-order valence-corrected chi connectivity index (χ4v) is 1.96. The van der Waals surface area contributed by atoms with Crippen LogP contribution >= 0.6 is 27.3 Å². The fraction of sp³-hybridized carbons (Fsp3) is 0.286. The number of nitrogen functional groups attached to an aromatic ring is 1. The highest BCUT2D eigenvalue weighted by molar-refractivity contribution is 9.10. The van der Waals surface area contributed by atoms with Gasteiger partial charge in [0.1, 0.15) is 5.01 Å². The maximum Gasteiger partial charge on any atom is 0.203 e. The lowest BCUT2D eigenvalue weighted by Crippen LogP contribution is -1.99. The summed E-state index contributed by atoms with van der Waals surface area (Å²) >= 11 is 4.77. The highest BCUT2D eigenvalue weighted by Gasteiger charge is 2.05. The van der Waals surface area contributed by atoms with Crippen molar-refractivity contribution in [2.75, 3.05) is 5.73 Å². The molecule has 0 saturated heterocycles. The van der Waals surface area contributed by atoms with Gasteiger partial charge < -0.3 is 5.73 Å². The van der Waals surface area contributed by atoms with Gasteiger partial charge in [0.05, 0.1) is 16.7 Å². The van der Waals surface area contributed by atoms with E-state index >= 15 is 0 Å². The molecule has 0 aliphatic carbocycles. The molecule has 0 aromatic carbocycles. The monoisotopic (exact) mass is 273 g/mol. The molecule has 14 heavy (non-hydrogen) atoms. The molecular formula is C7H8BrN5S. The molecule has 0 unspecified atom stereocenters. The zero-order valence-electron chi connectivity index (χ0n) is 7.44. The molecule has 0 aliphatic heterocycles. The van der Waals surface area contributed by atoms with Gasteiger partial charge in [0.25, 0.3) is 0 Å². The Morgan fingerprint density at radius 1 is 1.57 bits per heavy atom. The first-order valence-electron chi connectivity index (χ1n) is 3.92. The first-order chi connectivity index (χ1) is 6.65. The zero-order valence-corrected chi connectivity index (χ0v) is 9.84. The normalized spacial score (nSPS) is 10.7. The van der Waals surface area contributed by atoms with Crippen molar-refractivity contribution < 1.29 is 0 Å². The summed E-state index contributed by atoms with van der Waals surface area (Å²) in [5.74, 6) is 0. The number of aryl methyl sites for hydroxylation is 1. The Balaban J connectivity index is 2.18. The average Bonchev–Trinajstić information content (AvgIpc) is 2.62. The highest BCUT2D eigenvalue weighted by atomic mass is 79.9. The molecule has 0 aliphatic rings. The number of hydrogen-bond donors (Lipinski definition) is 1. The van der Waals surface area contributed by atoms with Crippen molar-refractivity contribution in [2.24, 2.45) is 0 Å². The number of nitrogens with two attached hydrogens (primary N) is 1. The quantitative estimate of drug-likeness (QED) is 0.899. The van der Waals surface area contributed by atoms with Gasteiger partial charge in [0.2, 0.25) is 5.13 Å². The Hall–Kier alpha value is -0.950. The van der Waals surface area contributed by atoms with Gasteiger partial charge in [0, 0.05) is 6.20 Å². The molecule has 0 spiro atoms. The summed E-state index contributed by atoms with van der Waals surface area (Å²) in [6, 6.07) is 0. The van der Waals surface area contributed by atoms with Gasteiger partial charge in [-0.2, -0.15) is 5.10 Å². The molecule has 0 saturated carbocycles. The van der Waals surface area contributed by atoms with Crippen molar-refractivity contribution in [3.8, 4) is 0 Å². The van der Waals surface area contributed by atoms with Crippen molar-refractivity contribution in [3.63, 3.8) is 0 Å². The predicted octanol–water partition coefficient (Wildman–Crippen LogP) is 1.44. The second-order valence-electron chi connectivity index (χ2n) is 2.79. The number of nitrogens with zero attached hydrogens (tertiary/aromatic N) is 4. The molecular weight excluding hydrogens is 266 g/mol. The standard InChI is InChI=1S/C7H8BrN5S/c1-4-5(8)2-13(12-4)3-6-10-11-7(9)14-6/h2H,3H2,1H3,(H2,9,11). The van der Waals surface area contributed by atoms with Crippen LogP contribution in [0.4, 0.5) is 5.13 Å². The van der Waals surface area contributed by atoms with E-state index in [1.165, 1.54) is 11.3 Å². The minimum absolute atomic E-state index is 0.489. The van der Waals surface area contributed by atoms with Crippen LogP contribution in [0.1, 0.15) is 10.7 Å². The second-order valence-corrected chi connectivity index (χ2v) is 4.74. The molecule has 2 heterocycles. The molecule has 0 bridgehead atoms. The smallest absolute Gasteiger partial charge is 0.203 e. The third kappa shape index (κ3) is 1.93. The molecule has 5 nitrogen and oxygen atoms in total. The summed E-state index contributed by atoms with van der Waals surface area (Å²) in [7, 11) is 0. The van der Waals surface area contributed by atoms with E-state index in [-0.39, 0.29) is 0 Å². The van der Waals surface area contributed by atoms with E-state index in [1.54, 1.807) is 4.68 Å². The van der Waals surface area contributed by atoms with Crippen molar-refractivity contribution >= 4 is 32.4 Å². The third-order valence-corrected chi connectivity index (χ3v) is 3.18. The van der Waals surface area contributed by atoms with Gasteiger partial charge in [-0.15, -0.1) is 10.2 Å². The second kappa shape index (κ2) is 3.66. The number of rotatable bonds is 2. The Labute approximate surface area is 93.1 Å². The van der Waals surface area contributed by atoms with Crippen molar-refractivity contribution in [3.05, 3.63) is 21.4 Å². The molecule has 0 atom stereocenters. The van der Waals surface area contributed by atoms with E-state index in [1.807, 2.05) is 13.1 Å². The summed E-state index contributed by atoms with van der Waals surface area (Å²) in [4.78, 5) is 0. The van der Waals surface area contributed by atoms with Gasteiger partial charge in [-0.25, -0.2) is 0 Å². The molecule has 0 radical (unpaired) electrons. The van der Waals surface area contributed by atoms with Crippen molar-refractivity contribution in [1.82, 2.24) is 20.0 Å². The van der Waals surface area contributed by atoms with E-state index in [4.69, 9.17) is 5.73 Å². The minimum atomic E-state index is 0.489. The molecule has 7 heteroatoms. The van der Waals surface area contributed by atoms with Gasteiger partial charge in [-0.3, -0.25) is 4.68 Å². The molecule has 2 aromatic heterocycles. The SMILES string of the molecule is Cc1nn(Cc2nnc(N)s2)cc1Br.